The number of hydrogen-bond donors (Lipinski definition) is 1. The molecule has 0 bridgehead atoms. The van der Waals surface area contributed by atoms with E-state index in [1.54, 1.807) is 11.3 Å². The summed E-state index contributed by atoms with van der Waals surface area (Å²) in [6.45, 7) is 11.4. The zero-order valence-corrected chi connectivity index (χ0v) is 17.4. The van der Waals surface area contributed by atoms with Crippen LogP contribution in [0.5, 0.6) is 0 Å². The first-order valence-corrected chi connectivity index (χ1v) is 10.4. The van der Waals surface area contributed by atoms with Crippen molar-refractivity contribution >= 4 is 23.1 Å². The molecule has 0 saturated carbocycles. The highest BCUT2D eigenvalue weighted by molar-refractivity contribution is 7.09. The summed E-state index contributed by atoms with van der Waals surface area (Å²) >= 11 is 1.68. The molecule has 1 aliphatic rings. The highest BCUT2D eigenvalue weighted by atomic mass is 32.1. The average molecular weight is 385 g/mol. The van der Waals surface area contributed by atoms with Gasteiger partial charge in [-0.2, -0.15) is 5.26 Å². The second-order valence-electron chi connectivity index (χ2n) is 7.90. The molecule has 2 aromatic heterocycles. The van der Waals surface area contributed by atoms with E-state index < -0.39 is 0 Å². The zero-order chi connectivity index (χ0) is 19.6. The summed E-state index contributed by atoms with van der Waals surface area (Å²) in [6.07, 6.45) is 1.22. The number of hydrogen-bond acceptors (Lipinski definition) is 4. The Hall–Kier alpha value is -2.10. The number of aromatic nitrogens is 1. The molecular weight excluding hydrogens is 356 g/mol. The molecule has 1 amide bonds. The molecule has 1 aliphatic heterocycles. The Kier molecular flexibility index (Phi) is 6.03. The molecule has 5 nitrogen and oxygen atoms in total. The quantitative estimate of drug-likeness (QED) is 0.847. The number of piperidine rings is 1. The molecule has 0 unspecified atom stereocenters. The fourth-order valence-corrected chi connectivity index (χ4v) is 4.87. The van der Waals surface area contributed by atoms with Crippen LogP contribution < -0.4 is 5.32 Å². The van der Waals surface area contributed by atoms with Crippen molar-refractivity contribution in [1.82, 2.24) is 9.47 Å². The fraction of sp³-hybridized carbons (Fsp3) is 0.524. The van der Waals surface area contributed by atoms with Crippen LogP contribution in [0.3, 0.4) is 0 Å². The lowest BCUT2D eigenvalue weighted by atomic mass is 9.92. The Morgan fingerprint density at radius 1 is 1.33 bits per heavy atom. The molecule has 0 aliphatic carbocycles. The molecule has 3 rings (SSSR count). The summed E-state index contributed by atoms with van der Waals surface area (Å²) in [7, 11) is 0. The lowest BCUT2D eigenvalue weighted by molar-refractivity contribution is -0.117. The van der Waals surface area contributed by atoms with Gasteiger partial charge in [-0.15, -0.1) is 11.3 Å². The molecule has 2 atom stereocenters. The Labute approximate surface area is 165 Å². The monoisotopic (exact) mass is 384 g/mol. The summed E-state index contributed by atoms with van der Waals surface area (Å²) in [5.41, 5.74) is 2.53. The van der Waals surface area contributed by atoms with E-state index in [2.05, 4.69) is 40.8 Å². The number of carbonyl (C=O) groups excluding carboxylic acids is 1. The lowest BCUT2D eigenvalue weighted by Gasteiger charge is -2.34. The Morgan fingerprint density at radius 3 is 2.63 bits per heavy atom. The van der Waals surface area contributed by atoms with Crippen LogP contribution in [0.4, 0.5) is 5.82 Å². The predicted octanol–water partition coefficient (Wildman–Crippen LogP) is 4.00. The topological polar surface area (TPSA) is 61.1 Å². The van der Waals surface area contributed by atoms with Gasteiger partial charge in [-0.1, -0.05) is 19.9 Å². The minimum absolute atomic E-state index is 0.0438. The molecule has 2 aromatic rings. The van der Waals surface area contributed by atoms with E-state index in [1.165, 1.54) is 11.3 Å². The maximum atomic E-state index is 12.8. The van der Waals surface area contributed by atoms with Crippen LogP contribution in [0, 0.1) is 37.0 Å². The maximum absolute atomic E-state index is 12.8. The van der Waals surface area contributed by atoms with Crippen molar-refractivity contribution in [3.8, 4) is 6.07 Å². The lowest BCUT2D eigenvalue weighted by Crippen LogP contribution is -2.43. The number of anilines is 1. The van der Waals surface area contributed by atoms with Crippen LogP contribution in [0.25, 0.3) is 0 Å². The summed E-state index contributed by atoms with van der Waals surface area (Å²) in [5.74, 6) is 1.81. The fourth-order valence-electron chi connectivity index (χ4n) is 4.18. The van der Waals surface area contributed by atoms with Crippen molar-refractivity contribution in [2.75, 3.05) is 25.0 Å². The van der Waals surface area contributed by atoms with Gasteiger partial charge in [-0.05, 0) is 49.1 Å². The Bertz CT molecular complexity index is 837. The molecule has 1 saturated heterocycles. The minimum Gasteiger partial charge on any atom is -0.325 e. The number of nitriles is 1. The summed E-state index contributed by atoms with van der Waals surface area (Å²) < 4.78 is 2.05. The number of carbonyl (C=O) groups is 1. The third-order valence-electron chi connectivity index (χ3n) is 5.40. The molecule has 144 valence electrons. The molecule has 6 heteroatoms. The zero-order valence-electron chi connectivity index (χ0n) is 16.6. The maximum Gasteiger partial charge on any atom is 0.239 e. The van der Waals surface area contributed by atoms with Gasteiger partial charge in [0.25, 0.3) is 0 Å². The molecule has 1 N–H and O–H groups in total. The van der Waals surface area contributed by atoms with Gasteiger partial charge >= 0.3 is 0 Å². The van der Waals surface area contributed by atoms with Crippen LogP contribution in [0.15, 0.2) is 17.5 Å². The van der Waals surface area contributed by atoms with E-state index in [4.69, 9.17) is 0 Å². The smallest absolute Gasteiger partial charge is 0.239 e. The van der Waals surface area contributed by atoms with Gasteiger partial charge in [0.05, 0.1) is 18.7 Å². The third-order valence-corrected chi connectivity index (χ3v) is 6.27. The van der Waals surface area contributed by atoms with E-state index in [-0.39, 0.29) is 5.91 Å². The second-order valence-corrected chi connectivity index (χ2v) is 8.93. The first-order chi connectivity index (χ1) is 12.9. The second kappa shape index (κ2) is 8.28. The Morgan fingerprint density at radius 2 is 2.04 bits per heavy atom. The molecule has 0 aromatic carbocycles. The molecule has 1 fully saturated rings. The minimum atomic E-state index is -0.0438. The van der Waals surface area contributed by atoms with Crippen molar-refractivity contribution in [3.05, 3.63) is 39.2 Å². The SMILES string of the molecule is Cc1c(C#N)c(NC(=O)CN2C[C@@H](C)C[C@H](C)C2)n(Cc2cccs2)c1C. The highest BCUT2D eigenvalue weighted by Gasteiger charge is 2.25. The highest BCUT2D eigenvalue weighted by Crippen LogP contribution is 2.28. The van der Waals surface area contributed by atoms with Crippen molar-refractivity contribution in [2.24, 2.45) is 11.8 Å². The van der Waals surface area contributed by atoms with Crippen LogP contribution in [-0.4, -0.2) is 35.0 Å². The van der Waals surface area contributed by atoms with Gasteiger partial charge in [0.2, 0.25) is 5.91 Å². The predicted molar refractivity (Wildman–Crippen MR) is 110 cm³/mol. The van der Waals surface area contributed by atoms with Crippen LogP contribution >= 0.6 is 11.3 Å². The summed E-state index contributed by atoms with van der Waals surface area (Å²) in [5, 5.41) is 14.7. The van der Waals surface area contributed by atoms with Gasteiger partial charge in [0.1, 0.15) is 11.9 Å². The average Bonchev–Trinajstić information content (AvgIpc) is 3.17. The van der Waals surface area contributed by atoms with E-state index in [9.17, 15) is 10.1 Å². The Balaban J connectivity index is 1.79. The van der Waals surface area contributed by atoms with Gasteiger partial charge in [0, 0.05) is 23.7 Å². The number of rotatable bonds is 5. The number of likely N-dealkylation sites (tertiary alicyclic amines) is 1. The van der Waals surface area contributed by atoms with Gasteiger partial charge in [-0.25, -0.2) is 0 Å². The molecule has 0 spiro atoms. The van der Waals surface area contributed by atoms with Gasteiger partial charge in [-0.3, -0.25) is 9.69 Å². The van der Waals surface area contributed by atoms with Crippen LogP contribution in [0.2, 0.25) is 0 Å². The van der Waals surface area contributed by atoms with Crippen molar-refractivity contribution in [1.29, 1.82) is 5.26 Å². The van der Waals surface area contributed by atoms with Crippen molar-refractivity contribution in [2.45, 2.75) is 40.7 Å². The van der Waals surface area contributed by atoms with Gasteiger partial charge in [0.15, 0.2) is 0 Å². The summed E-state index contributed by atoms with van der Waals surface area (Å²) in [6, 6.07) is 6.38. The third kappa shape index (κ3) is 4.42. The molecule has 0 radical (unpaired) electrons. The van der Waals surface area contributed by atoms with Crippen LogP contribution in [0.1, 0.15) is 42.0 Å². The number of thiophene rings is 1. The molecule has 3 heterocycles. The van der Waals surface area contributed by atoms with Gasteiger partial charge < -0.3 is 9.88 Å². The van der Waals surface area contributed by atoms with E-state index in [0.29, 0.717) is 36.3 Å². The number of amides is 1. The number of nitrogens with one attached hydrogen (secondary N) is 1. The molecule has 27 heavy (non-hydrogen) atoms. The van der Waals surface area contributed by atoms with Crippen molar-refractivity contribution in [3.63, 3.8) is 0 Å². The van der Waals surface area contributed by atoms with E-state index >= 15 is 0 Å². The van der Waals surface area contributed by atoms with E-state index in [0.717, 1.165) is 24.3 Å². The van der Waals surface area contributed by atoms with E-state index in [1.807, 2.05) is 25.3 Å². The van der Waals surface area contributed by atoms with Crippen LogP contribution in [-0.2, 0) is 11.3 Å². The first kappa shape index (κ1) is 19.7. The largest absolute Gasteiger partial charge is 0.325 e. The normalized spacial score (nSPS) is 20.4. The molecular formula is C21H28N4OS. The van der Waals surface area contributed by atoms with Crippen molar-refractivity contribution < 1.29 is 4.79 Å². The standard InChI is InChI=1S/C21H28N4OS/c1-14-8-15(2)11-24(10-14)13-20(26)23-21-19(9-22)16(3)17(4)25(21)12-18-6-5-7-27-18/h5-7,14-15H,8,10-13H2,1-4H3,(H,23,26)/t14-,15-/m0/s1. The first-order valence-electron chi connectivity index (χ1n) is 9.53. The summed E-state index contributed by atoms with van der Waals surface area (Å²) in [4.78, 5) is 16.2. The number of nitrogens with zero attached hydrogens (tertiary/aromatic N) is 3.